The number of nitriles is 1. The van der Waals surface area contributed by atoms with E-state index in [2.05, 4.69) is 4.98 Å². The Morgan fingerprint density at radius 1 is 1.62 bits per heavy atom. The van der Waals surface area contributed by atoms with Crippen LogP contribution in [0.4, 0.5) is 8.78 Å². The normalized spacial score (nSPS) is 10.2. The van der Waals surface area contributed by atoms with Gasteiger partial charge in [0.1, 0.15) is 17.5 Å². The molecular weight excluding hydrogens is 312 g/mol. The van der Waals surface area contributed by atoms with Crippen molar-refractivity contribution in [1.82, 2.24) is 4.98 Å². The highest BCUT2D eigenvalue weighted by Gasteiger charge is 2.17. The molecule has 1 aromatic heterocycles. The molecule has 0 aliphatic carbocycles. The number of aromatic nitrogens is 1. The van der Waals surface area contributed by atoms with Crippen molar-refractivity contribution in [2.45, 2.75) is 6.43 Å². The van der Waals surface area contributed by atoms with Crippen molar-refractivity contribution in [3.63, 3.8) is 0 Å². The highest BCUT2D eigenvalue weighted by Crippen LogP contribution is 2.28. The minimum atomic E-state index is -2.71. The van der Waals surface area contributed by atoms with Gasteiger partial charge in [0.15, 0.2) is 0 Å². The molecule has 1 heterocycles. The van der Waals surface area contributed by atoms with E-state index in [1.165, 1.54) is 6.07 Å². The fourth-order valence-corrected chi connectivity index (χ4v) is 1.43. The zero-order chi connectivity index (χ0) is 10.0. The van der Waals surface area contributed by atoms with Gasteiger partial charge in [-0.25, -0.2) is 13.8 Å². The van der Waals surface area contributed by atoms with Gasteiger partial charge < -0.3 is 0 Å². The Hall–Kier alpha value is -0.480. The number of halogens is 4. The summed E-state index contributed by atoms with van der Waals surface area (Å²) in [6.07, 6.45) is -2.71. The summed E-state index contributed by atoms with van der Waals surface area (Å²) < 4.78 is 24.8. The van der Waals surface area contributed by atoms with Crippen LogP contribution in [0.5, 0.6) is 0 Å². The van der Waals surface area contributed by atoms with Gasteiger partial charge in [-0.15, -0.1) is 0 Å². The molecule has 0 spiro atoms. The SMILES string of the molecule is N#Cc1cc(Cl)c(I)c(C(F)F)n1. The van der Waals surface area contributed by atoms with Crippen LogP contribution in [0.25, 0.3) is 0 Å². The lowest BCUT2D eigenvalue weighted by Gasteiger charge is -2.03. The Labute approximate surface area is 91.7 Å². The molecule has 0 bridgehead atoms. The molecule has 0 unspecified atom stereocenters. The maximum atomic E-state index is 12.3. The Kier molecular flexibility index (Phi) is 3.39. The number of nitrogens with zero attached hydrogens (tertiary/aromatic N) is 2. The summed E-state index contributed by atoms with van der Waals surface area (Å²) in [5, 5.41) is 8.57. The van der Waals surface area contributed by atoms with E-state index in [1.54, 1.807) is 28.7 Å². The van der Waals surface area contributed by atoms with Crippen LogP contribution in [0, 0.1) is 14.9 Å². The molecule has 0 aliphatic rings. The van der Waals surface area contributed by atoms with Crippen molar-refractivity contribution in [3.8, 4) is 6.07 Å². The lowest BCUT2D eigenvalue weighted by molar-refractivity contribution is 0.145. The number of pyridine rings is 1. The number of alkyl halides is 2. The van der Waals surface area contributed by atoms with Crippen LogP contribution in [0.2, 0.25) is 5.02 Å². The predicted octanol–water partition coefficient (Wildman–Crippen LogP) is 3.15. The molecular formula is C7H2ClF2IN2. The number of hydrogen-bond acceptors (Lipinski definition) is 2. The molecule has 6 heteroatoms. The number of rotatable bonds is 1. The molecule has 2 nitrogen and oxygen atoms in total. The average Bonchev–Trinajstić information content (AvgIpc) is 2.09. The second-order valence-electron chi connectivity index (χ2n) is 2.10. The van der Waals surface area contributed by atoms with Gasteiger partial charge in [-0.3, -0.25) is 0 Å². The van der Waals surface area contributed by atoms with Crippen molar-refractivity contribution in [3.05, 3.63) is 26.0 Å². The highest BCUT2D eigenvalue weighted by molar-refractivity contribution is 14.1. The van der Waals surface area contributed by atoms with Crippen molar-refractivity contribution in [2.75, 3.05) is 0 Å². The van der Waals surface area contributed by atoms with Crippen molar-refractivity contribution < 1.29 is 8.78 Å². The van der Waals surface area contributed by atoms with Gasteiger partial charge in [-0.05, 0) is 28.7 Å². The Morgan fingerprint density at radius 2 is 2.23 bits per heavy atom. The van der Waals surface area contributed by atoms with E-state index >= 15 is 0 Å². The summed E-state index contributed by atoms with van der Waals surface area (Å²) in [5.41, 5.74) is -0.537. The second kappa shape index (κ2) is 4.15. The van der Waals surface area contributed by atoms with E-state index in [9.17, 15) is 8.78 Å². The summed E-state index contributed by atoms with van der Waals surface area (Å²) >= 11 is 7.28. The molecule has 0 aromatic carbocycles. The first-order chi connectivity index (χ1) is 6.06. The first-order valence-corrected chi connectivity index (χ1v) is 4.56. The van der Waals surface area contributed by atoms with Gasteiger partial charge in [0.2, 0.25) is 0 Å². The summed E-state index contributed by atoms with van der Waals surface area (Å²) in [6, 6.07) is 2.92. The molecule has 0 amide bonds. The van der Waals surface area contributed by atoms with Crippen LogP contribution in [-0.4, -0.2) is 4.98 Å². The molecule has 0 aliphatic heterocycles. The highest BCUT2D eigenvalue weighted by atomic mass is 127. The average molecular weight is 314 g/mol. The van der Waals surface area contributed by atoms with Crippen LogP contribution in [-0.2, 0) is 0 Å². The quantitative estimate of drug-likeness (QED) is 0.747. The van der Waals surface area contributed by atoms with Gasteiger partial charge in [0.25, 0.3) is 6.43 Å². The third-order valence-electron chi connectivity index (χ3n) is 1.26. The van der Waals surface area contributed by atoms with Gasteiger partial charge in [-0.1, -0.05) is 11.6 Å². The van der Waals surface area contributed by atoms with Crippen molar-refractivity contribution in [1.29, 1.82) is 5.26 Å². The molecule has 13 heavy (non-hydrogen) atoms. The first kappa shape index (κ1) is 10.6. The third-order valence-corrected chi connectivity index (χ3v) is 3.01. The van der Waals surface area contributed by atoms with Gasteiger partial charge in [0.05, 0.1) is 8.59 Å². The van der Waals surface area contributed by atoms with E-state index in [0.29, 0.717) is 0 Å². The minimum absolute atomic E-state index is 0.0966. The lowest BCUT2D eigenvalue weighted by atomic mass is 10.3. The molecule has 1 rings (SSSR count). The molecule has 0 fully saturated rings. The molecule has 0 radical (unpaired) electrons. The summed E-state index contributed by atoms with van der Waals surface area (Å²) in [5.74, 6) is 0. The fourth-order valence-electron chi connectivity index (χ4n) is 0.719. The standard InChI is InChI=1S/C7H2ClF2IN2/c8-4-1-3(2-12)13-6(5(4)11)7(9)10/h1,7H. The third kappa shape index (κ3) is 2.25. The molecule has 0 N–H and O–H groups in total. The summed E-state index contributed by atoms with van der Waals surface area (Å²) in [6.45, 7) is 0. The van der Waals surface area contributed by atoms with Crippen LogP contribution in [0.1, 0.15) is 17.8 Å². The lowest BCUT2D eigenvalue weighted by Crippen LogP contribution is -1.97. The molecule has 1 aromatic rings. The van der Waals surface area contributed by atoms with Gasteiger partial charge in [0, 0.05) is 0 Å². The van der Waals surface area contributed by atoms with Gasteiger partial charge in [-0.2, -0.15) is 5.26 Å². The zero-order valence-electron chi connectivity index (χ0n) is 6.06. The second-order valence-corrected chi connectivity index (χ2v) is 3.59. The summed E-state index contributed by atoms with van der Waals surface area (Å²) in [4.78, 5) is 3.45. The zero-order valence-corrected chi connectivity index (χ0v) is 8.97. The maximum Gasteiger partial charge on any atom is 0.281 e. The Morgan fingerprint density at radius 3 is 2.69 bits per heavy atom. The van der Waals surface area contributed by atoms with E-state index in [0.717, 1.165) is 0 Å². The summed E-state index contributed by atoms with van der Waals surface area (Å²) in [7, 11) is 0. The van der Waals surface area contributed by atoms with E-state index < -0.39 is 12.1 Å². The maximum absolute atomic E-state index is 12.3. The van der Waals surface area contributed by atoms with E-state index in [1.807, 2.05) is 0 Å². The molecule has 68 valence electrons. The van der Waals surface area contributed by atoms with Crippen LogP contribution in [0.15, 0.2) is 6.07 Å². The van der Waals surface area contributed by atoms with E-state index in [4.69, 9.17) is 16.9 Å². The monoisotopic (exact) mass is 314 g/mol. The van der Waals surface area contributed by atoms with Crippen molar-refractivity contribution >= 4 is 34.2 Å². The Bertz CT molecular complexity index is 375. The Balaban J connectivity index is 3.35. The van der Waals surface area contributed by atoms with Crippen LogP contribution < -0.4 is 0 Å². The van der Waals surface area contributed by atoms with Crippen molar-refractivity contribution in [2.24, 2.45) is 0 Å². The van der Waals surface area contributed by atoms with Crippen LogP contribution in [0.3, 0.4) is 0 Å². The molecule has 0 saturated heterocycles. The van der Waals surface area contributed by atoms with E-state index in [-0.39, 0.29) is 14.3 Å². The molecule has 0 saturated carbocycles. The predicted molar refractivity (Wildman–Crippen MR) is 51.6 cm³/mol. The van der Waals surface area contributed by atoms with Gasteiger partial charge >= 0.3 is 0 Å². The smallest absolute Gasteiger partial charge is 0.235 e. The minimum Gasteiger partial charge on any atom is -0.235 e. The first-order valence-electron chi connectivity index (χ1n) is 3.10. The topological polar surface area (TPSA) is 36.7 Å². The largest absolute Gasteiger partial charge is 0.281 e. The fraction of sp³-hybridized carbons (Fsp3) is 0.143. The number of hydrogen-bond donors (Lipinski definition) is 0. The van der Waals surface area contributed by atoms with Crippen LogP contribution >= 0.6 is 34.2 Å². The molecule has 0 atom stereocenters.